The SMILES string of the molecule is Cl.O=S(=O)(c1ccc2c(c1)CCC2)N1CCN(C2CCNC2)CC1. The monoisotopic (exact) mass is 371 g/mol. The van der Waals surface area contributed by atoms with E-state index in [0.29, 0.717) is 24.0 Å². The van der Waals surface area contributed by atoms with E-state index in [-0.39, 0.29) is 12.4 Å². The zero-order chi connectivity index (χ0) is 15.9. The maximum Gasteiger partial charge on any atom is 0.243 e. The van der Waals surface area contributed by atoms with Gasteiger partial charge in [0.25, 0.3) is 0 Å². The molecule has 1 aliphatic carbocycles. The third-order valence-electron chi connectivity index (χ3n) is 5.53. The van der Waals surface area contributed by atoms with E-state index < -0.39 is 10.0 Å². The minimum atomic E-state index is -3.34. The van der Waals surface area contributed by atoms with E-state index >= 15 is 0 Å². The molecule has 0 saturated carbocycles. The summed E-state index contributed by atoms with van der Waals surface area (Å²) in [6.07, 6.45) is 4.43. The lowest BCUT2D eigenvalue weighted by molar-refractivity contribution is 0.145. The lowest BCUT2D eigenvalue weighted by atomic mass is 10.1. The van der Waals surface area contributed by atoms with Gasteiger partial charge in [0.15, 0.2) is 0 Å². The molecule has 0 bridgehead atoms. The third-order valence-corrected chi connectivity index (χ3v) is 7.43. The van der Waals surface area contributed by atoms with Crippen LogP contribution in [0.2, 0.25) is 0 Å². The first-order chi connectivity index (χ1) is 11.1. The highest BCUT2D eigenvalue weighted by Crippen LogP contribution is 2.27. The first-order valence-electron chi connectivity index (χ1n) is 8.71. The zero-order valence-electron chi connectivity index (χ0n) is 13.9. The smallest absolute Gasteiger partial charge is 0.243 e. The molecule has 1 aromatic rings. The van der Waals surface area contributed by atoms with E-state index in [1.165, 1.54) is 17.5 Å². The topological polar surface area (TPSA) is 52.7 Å². The Hall–Kier alpha value is -0.660. The van der Waals surface area contributed by atoms with Crippen molar-refractivity contribution in [1.29, 1.82) is 0 Å². The number of aryl methyl sites for hydroxylation is 2. The highest BCUT2D eigenvalue weighted by atomic mass is 35.5. The second-order valence-electron chi connectivity index (χ2n) is 6.87. The van der Waals surface area contributed by atoms with Crippen molar-refractivity contribution in [3.63, 3.8) is 0 Å². The van der Waals surface area contributed by atoms with Crippen LogP contribution in [-0.4, -0.2) is 62.9 Å². The molecule has 5 nitrogen and oxygen atoms in total. The van der Waals surface area contributed by atoms with Crippen LogP contribution >= 0.6 is 12.4 Å². The van der Waals surface area contributed by atoms with Gasteiger partial charge in [-0.1, -0.05) is 6.07 Å². The Morgan fingerprint density at radius 2 is 1.79 bits per heavy atom. The van der Waals surface area contributed by atoms with Crippen LogP contribution in [0.4, 0.5) is 0 Å². The molecule has 2 aliphatic heterocycles. The van der Waals surface area contributed by atoms with E-state index in [1.54, 1.807) is 10.4 Å². The Balaban J connectivity index is 0.00000169. The Labute approximate surface area is 150 Å². The van der Waals surface area contributed by atoms with Gasteiger partial charge in [0, 0.05) is 38.8 Å². The molecule has 0 spiro atoms. The highest BCUT2D eigenvalue weighted by Gasteiger charge is 2.32. The first kappa shape index (κ1) is 18.1. The minimum absolute atomic E-state index is 0. The molecule has 1 N–H and O–H groups in total. The van der Waals surface area contributed by atoms with Crippen molar-refractivity contribution in [2.75, 3.05) is 39.3 Å². The maximum absolute atomic E-state index is 12.9. The largest absolute Gasteiger partial charge is 0.315 e. The minimum Gasteiger partial charge on any atom is -0.315 e. The molecule has 4 rings (SSSR count). The van der Waals surface area contributed by atoms with Gasteiger partial charge >= 0.3 is 0 Å². The molecule has 0 aromatic heterocycles. The Bertz CT molecular complexity index is 681. The maximum atomic E-state index is 12.9. The summed E-state index contributed by atoms with van der Waals surface area (Å²) in [7, 11) is -3.34. The van der Waals surface area contributed by atoms with Crippen molar-refractivity contribution in [2.45, 2.75) is 36.6 Å². The predicted molar refractivity (Wildman–Crippen MR) is 97.3 cm³/mol. The molecular weight excluding hydrogens is 346 g/mol. The number of sulfonamides is 1. The number of piperazine rings is 1. The summed E-state index contributed by atoms with van der Waals surface area (Å²) >= 11 is 0. The van der Waals surface area contributed by atoms with Crippen molar-refractivity contribution >= 4 is 22.4 Å². The van der Waals surface area contributed by atoms with Gasteiger partial charge in [0.1, 0.15) is 0 Å². The molecule has 7 heteroatoms. The predicted octanol–water partition coefficient (Wildman–Crippen LogP) is 1.27. The summed E-state index contributed by atoms with van der Waals surface area (Å²) in [5.41, 5.74) is 2.55. The van der Waals surface area contributed by atoms with E-state index in [2.05, 4.69) is 10.2 Å². The van der Waals surface area contributed by atoms with Crippen LogP contribution < -0.4 is 5.32 Å². The first-order valence-corrected chi connectivity index (χ1v) is 10.2. The van der Waals surface area contributed by atoms with Gasteiger partial charge in [0.05, 0.1) is 4.90 Å². The van der Waals surface area contributed by atoms with Crippen LogP contribution in [-0.2, 0) is 22.9 Å². The molecule has 3 aliphatic rings. The number of benzene rings is 1. The summed E-state index contributed by atoms with van der Waals surface area (Å²) in [5, 5.41) is 3.39. The molecule has 0 radical (unpaired) electrons. The average molecular weight is 372 g/mol. The number of fused-ring (bicyclic) bond motifs is 1. The van der Waals surface area contributed by atoms with Gasteiger partial charge in [-0.05, 0) is 55.5 Å². The fraction of sp³-hybridized carbons (Fsp3) is 0.647. The van der Waals surface area contributed by atoms with Crippen LogP contribution in [0.15, 0.2) is 23.1 Å². The number of hydrogen-bond donors (Lipinski definition) is 1. The van der Waals surface area contributed by atoms with Gasteiger partial charge < -0.3 is 5.32 Å². The number of hydrogen-bond acceptors (Lipinski definition) is 4. The molecule has 1 atom stereocenters. The van der Waals surface area contributed by atoms with Gasteiger partial charge in [0.2, 0.25) is 10.0 Å². The normalized spacial score (nSPS) is 25.4. The summed E-state index contributed by atoms with van der Waals surface area (Å²) in [5.74, 6) is 0. The van der Waals surface area contributed by atoms with Crippen LogP contribution in [0.1, 0.15) is 24.0 Å². The van der Waals surface area contributed by atoms with Gasteiger partial charge in [-0.3, -0.25) is 4.90 Å². The fourth-order valence-electron chi connectivity index (χ4n) is 4.12. The van der Waals surface area contributed by atoms with E-state index in [0.717, 1.165) is 45.4 Å². The summed E-state index contributed by atoms with van der Waals surface area (Å²) in [4.78, 5) is 2.92. The second-order valence-corrected chi connectivity index (χ2v) is 8.81. The number of nitrogens with one attached hydrogen (secondary N) is 1. The van der Waals surface area contributed by atoms with Crippen LogP contribution in [0.5, 0.6) is 0 Å². The van der Waals surface area contributed by atoms with Crippen molar-refractivity contribution in [3.05, 3.63) is 29.3 Å². The number of nitrogens with zero attached hydrogens (tertiary/aromatic N) is 2. The van der Waals surface area contributed by atoms with E-state index in [4.69, 9.17) is 0 Å². The van der Waals surface area contributed by atoms with Crippen molar-refractivity contribution in [1.82, 2.24) is 14.5 Å². The number of rotatable bonds is 3. The standard InChI is InChI=1S/C17H25N3O2S.ClH/c21-23(22,17-5-4-14-2-1-3-15(14)12-17)20-10-8-19(9-11-20)16-6-7-18-13-16;/h4-5,12,16,18H,1-3,6-11,13H2;1H. The van der Waals surface area contributed by atoms with Crippen molar-refractivity contribution in [3.8, 4) is 0 Å². The Morgan fingerprint density at radius 3 is 2.50 bits per heavy atom. The second kappa shape index (κ2) is 7.30. The molecule has 2 fully saturated rings. The summed E-state index contributed by atoms with van der Waals surface area (Å²) < 4.78 is 27.5. The molecule has 134 valence electrons. The van der Waals surface area contributed by atoms with Crippen molar-refractivity contribution in [2.24, 2.45) is 0 Å². The molecule has 0 amide bonds. The highest BCUT2D eigenvalue weighted by molar-refractivity contribution is 7.89. The summed E-state index contributed by atoms with van der Waals surface area (Å²) in [6.45, 7) is 5.02. The van der Waals surface area contributed by atoms with Crippen LogP contribution in [0.25, 0.3) is 0 Å². The van der Waals surface area contributed by atoms with Crippen molar-refractivity contribution < 1.29 is 8.42 Å². The van der Waals surface area contributed by atoms with Crippen LogP contribution in [0, 0.1) is 0 Å². The average Bonchev–Trinajstić information content (AvgIpc) is 3.25. The molecule has 1 aromatic carbocycles. The Morgan fingerprint density at radius 1 is 1.04 bits per heavy atom. The quantitative estimate of drug-likeness (QED) is 0.869. The van der Waals surface area contributed by atoms with Gasteiger partial charge in [-0.15, -0.1) is 12.4 Å². The fourth-order valence-corrected chi connectivity index (χ4v) is 5.59. The van der Waals surface area contributed by atoms with Gasteiger partial charge in [-0.2, -0.15) is 4.31 Å². The van der Waals surface area contributed by atoms with Gasteiger partial charge in [-0.25, -0.2) is 8.42 Å². The Kier molecular flexibility index (Phi) is 5.52. The molecule has 1 unspecified atom stereocenters. The van der Waals surface area contributed by atoms with E-state index in [1.807, 2.05) is 12.1 Å². The lowest BCUT2D eigenvalue weighted by Crippen LogP contribution is -2.52. The third kappa shape index (κ3) is 3.35. The van der Waals surface area contributed by atoms with E-state index in [9.17, 15) is 8.42 Å². The molecule has 2 heterocycles. The molecular formula is C17H26ClN3O2S. The summed E-state index contributed by atoms with van der Waals surface area (Å²) in [6, 6.07) is 6.30. The zero-order valence-corrected chi connectivity index (χ0v) is 15.5. The lowest BCUT2D eigenvalue weighted by Gasteiger charge is -2.37. The number of halogens is 1. The molecule has 2 saturated heterocycles. The van der Waals surface area contributed by atoms with Crippen LogP contribution in [0.3, 0.4) is 0 Å². The molecule has 24 heavy (non-hydrogen) atoms.